The van der Waals surface area contributed by atoms with Crippen LogP contribution in [0.2, 0.25) is 0 Å². The Labute approximate surface area is 195 Å². The highest BCUT2D eigenvalue weighted by Gasteiger charge is 2.25. The monoisotopic (exact) mass is 463 g/mol. The lowest BCUT2D eigenvalue weighted by Crippen LogP contribution is -2.39. The molecule has 2 heterocycles. The Hall–Kier alpha value is -4.02. The van der Waals surface area contributed by atoms with Crippen LogP contribution in [0.5, 0.6) is 0 Å². The number of nitrogen functional groups attached to an aromatic ring is 1. The number of fused-ring (bicyclic) bond motifs is 2. The summed E-state index contributed by atoms with van der Waals surface area (Å²) in [6.07, 6.45) is 0.461. The Bertz CT molecular complexity index is 1260. The SMILES string of the molecule is Nc1nccc2cc(NC(=O)[C@H](O)CC(=O)N(CCO)c3ccc4c(c3)NC(=O)CC4)ccc12. The fourth-order valence-corrected chi connectivity index (χ4v) is 3.90. The van der Waals surface area contributed by atoms with Gasteiger partial charge in [0.1, 0.15) is 11.9 Å². The van der Waals surface area contributed by atoms with Crippen LogP contribution < -0.4 is 21.3 Å². The Morgan fingerprint density at radius 1 is 1.18 bits per heavy atom. The molecular formula is C24H25N5O5. The Kier molecular flexibility index (Phi) is 6.71. The van der Waals surface area contributed by atoms with Gasteiger partial charge in [-0.15, -0.1) is 0 Å². The number of carbonyl (C=O) groups excluding carboxylic acids is 3. The van der Waals surface area contributed by atoms with Crippen molar-refractivity contribution in [2.75, 3.05) is 34.4 Å². The minimum Gasteiger partial charge on any atom is -0.395 e. The quantitative estimate of drug-likeness (QED) is 0.354. The van der Waals surface area contributed by atoms with E-state index in [1.165, 1.54) is 4.90 Å². The lowest BCUT2D eigenvalue weighted by molar-refractivity contribution is -0.129. The summed E-state index contributed by atoms with van der Waals surface area (Å²) < 4.78 is 0. The molecule has 10 nitrogen and oxygen atoms in total. The van der Waals surface area contributed by atoms with Gasteiger partial charge >= 0.3 is 0 Å². The van der Waals surface area contributed by atoms with E-state index < -0.39 is 24.3 Å². The van der Waals surface area contributed by atoms with Crippen molar-refractivity contribution in [2.24, 2.45) is 0 Å². The number of nitrogens with one attached hydrogen (secondary N) is 2. The molecule has 1 atom stereocenters. The molecule has 34 heavy (non-hydrogen) atoms. The Morgan fingerprint density at radius 2 is 2.00 bits per heavy atom. The summed E-state index contributed by atoms with van der Waals surface area (Å²) in [5, 5.41) is 26.7. The molecule has 0 saturated heterocycles. The smallest absolute Gasteiger partial charge is 0.253 e. The number of nitrogens with two attached hydrogens (primary N) is 1. The van der Waals surface area contributed by atoms with E-state index in [4.69, 9.17) is 5.73 Å². The maximum atomic E-state index is 12.9. The van der Waals surface area contributed by atoms with E-state index in [9.17, 15) is 24.6 Å². The molecule has 0 spiro atoms. The van der Waals surface area contributed by atoms with Crippen LogP contribution >= 0.6 is 0 Å². The van der Waals surface area contributed by atoms with Gasteiger partial charge in [-0.3, -0.25) is 14.4 Å². The first-order valence-corrected chi connectivity index (χ1v) is 10.8. The number of pyridine rings is 1. The van der Waals surface area contributed by atoms with E-state index in [0.29, 0.717) is 35.7 Å². The highest BCUT2D eigenvalue weighted by atomic mass is 16.3. The minimum atomic E-state index is -1.61. The normalized spacial score (nSPS) is 13.6. The molecule has 0 saturated carbocycles. The second-order valence-electron chi connectivity index (χ2n) is 8.00. The van der Waals surface area contributed by atoms with Crippen molar-refractivity contribution in [3.8, 4) is 0 Å². The standard InChI is InChI=1S/C24H25N5O5/c25-23-18-5-3-16(11-15(18)7-8-26-23)27-24(34)20(31)13-22(33)29(9-10-30)17-4-1-14-2-6-21(32)28-19(14)12-17/h1,3-5,7-8,11-12,20,30-31H,2,6,9-10,13H2,(H2,25,26)(H,27,34)(H,28,32)/t20-/m1/s1. The van der Waals surface area contributed by atoms with Crippen LogP contribution in [0, 0.1) is 0 Å². The third-order valence-electron chi connectivity index (χ3n) is 5.66. The van der Waals surface area contributed by atoms with Crippen LogP contribution in [0.3, 0.4) is 0 Å². The molecule has 2 aromatic carbocycles. The molecular weight excluding hydrogens is 438 g/mol. The molecule has 0 aliphatic carbocycles. The number of amides is 3. The second-order valence-corrected chi connectivity index (χ2v) is 8.00. The zero-order valence-electron chi connectivity index (χ0n) is 18.3. The molecule has 0 bridgehead atoms. The average molecular weight is 463 g/mol. The first-order chi connectivity index (χ1) is 16.4. The van der Waals surface area contributed by atoms with Crippen LogP contribution in [0.4, 0.5) is 22.9 Å². The number of nitrogens with zero attached hydrogens (tertiary/aromatic N) is 2. The van der Waals surface area contributed by atoms with Crippen molar-refractivity contribution in [3.63, 3.8) is 0 Å². The van der Waals surface area contributed by atoms with Crippen LogP contribution in [0.1, 0.15) is 18.4 Å². The molecule has 3 amide bonds. The van der Waals surface area contributed by atoms with Gasteiger partial charge in [0, 0.05) is 41.6 Å². The van der Waals surface area contributed by atoms with Crippen molar-refractivity contribution >= 4 is 51.4 Å². The molecule has 4 rings (SSSR count). The summed E-state index contributed by atoms with van der Waals surface area (Å²) in [4.78, 5) is 42.4. The molecule has 3 aromatic rings. The van der Waals surface area contributed by atoms with E-state index in [-0.39, 0.29) is 19.1 Å². The second kappa shape index (κ2) is 9.86. The largest absolute Gasteiger partial charge is 0.395 e. The van der Waals surface area contributed by atoms with Crippen LogP contribution in [0.25, 0.3) is 10.8 Å². The highest BCUT2D eigenvalue weighted by Crippen LogP contribution is 2.28. The summed E-state index contributed by atoms with van der Waals surface area (Å²) >= 11 is 0. The van der Waals surface area contributed by atoms with Crippen LogP contribution in [-0.2, 0) is 20.8 Å². The molecule has 0 fully saturated rings. The molecule has 0 unspecified atom stereocenters. The number of aliphatic hydroxyl groups is 2. The van der Waals surface area contributed by atoms with Gasteiger partial charge in [0.15, 0.2) is 0 Å². The fraction of sp³-hybridized carbons (Fsp3) is 0.250. The van der Waals surface area contributed by atoms with Gasteiger partial charge in [0.2, 0.25) is 11.8 Å². The summed E-state index contributed by atoms with van der Waals surface area (Å²) in [7, 11) is 0. The van der Waals surface area contributed by atoms with Crippen LogP contribution in [-0.4, -0.2) is 52.2 Å². The number of anilines is 4. The van der Waals surface area contributed by atoms with Gasteiger partial charge in [-0.25, -0.2) is 4.98 Å². The predicted molar refractivity (Wildman–Crippen MR) is 128 cm³/mol. The number of hydrogen-bond acceptors (Lipinski definition) is 7. The van der Waals surface area contributed by atoms with Gasteiger partial charge in [-0.05, 0) is 53.8 Å². The number of hydrogen-bond donors (Lipinski definition) is 5. The summed E-state index contributed by atoms with van der Waals surface area (Å²) in [5.74, 6) is -1.02. The molecule has 0 radical (unpaired) electrons. The zero-order chi connectivity index (χ0) is 24.2. The van der Waals surface area contributed by atoms with E-state index in [0.717, 1.165) is 16.3 Å². The van der Waals surface area contributed by atoms with Gasteiger partial charge in [-0.2, -0.15) is 0 Å². The van der Waals surface area contributed by atoms with Crippen LogP contribution in [0.15, 0.2) is 48.7 Å². The third-order valence-corrected chi connectivity index (χ3v) is 5.66. The number of aromatic nitrogens is 1. The number of rotatable bonds is 7. The third kappa shape index (κ3) is 4.98. The van der Waals surface area contributed by atoms with E-state index in [2.05, 4.69) is 15.6 Å². The highest BCUT2D eigenvalue weighted by molar-refractivity contribution is 6.02. The van der Waals surface area contributed by atoms with Gasteiger partial charge in [0.25, 0.3) is 5.91 Å². The topological polar surface area (TPSA) is 158 Å². The molecule has 6 N–H and O–H groups in total. The predicted octanol–water partition coefficient (Wildman–Crippen LogP) is 1.42. The summed E-state index contributed by atoms with van der Waals surface area (Å²) in [6.45, 7) is -0.341. The number of aliphatic hydroxyl groups excluding tert-OH is 2. The molecule has 1 aromatic heterocycles. The number of benzene rings is 2. The number of aryl methyl sites for hydroxylation is 1. The average Bonchev–Trinajstić information content (AvgIpc) is 2.82. The van der Waals surface area contributed by atoms with Crippen molar-refractivity contribution in [1.29, 1.82) is 0 Å². The van der Waals surface area contributed by atoms with Gasteiger partial charge in [0.05, 0.1) is 13.0 Å². The van der Waals surface area contributed by atoms with Crippen molar-refractivity contribution in [1.82, 2.24) is 4.98 Å². The Morgan fingerprint density at radius 3 is 2.79 bits per heavy atom. The lowest BCUT2D eigenvalue weighted by Gasteiger charge is -2.25. The van der Waals surface area contributed by atoms with Crippen molar-refractivity contribution in [3.05, 3.63) is 54.2 Å². The van der Waals surface area contributed by atoms with E-state index in [1.54, 1.807) is 42.6 Å². The summed E-state index contributed by atoms with van der Waals surface area (Å²) in [6, 6.07) is 12.0. The fourth-order valence-electron chi connectivity index (χ4n) is 3.90. The molecule has 176 valence electrons. The van der Waals surface area contributed by atoms with E-state index >= 15 is 0 Å². The van der Waals surface area contributed by atoms with Gasteiger partial charge < -0.3 is 31.5 Å². The summed E-state index contributed by atoms with van der Waals surface area (Å²) in [5.41, 5.74) is 8.28. The van der Waals surface area contributed by atoms with Crippen molar-refractivity contribution in [2.45, 2.75) is 25.4 Å². The van der Waals surface area contributed by atoms with Crippen molar-refractivity contribution < 1.29 is 24.6 Å². The first-order valence-electron chi connectivity index (χ1n) is 10.8. The maximum absolute atomic E-state index is 12.9. The molecule has 10 heteroatoms. The zero-order valence-corrected chi connectivity index (χ0v) is 18.3. The number of carbonyl (C=O) groups is 3. The molecule has 1 aliphatic heterocycles. The lowest BCUT2D eigenvalue weighted by atomic mass is 10.0. The van der Waals surface area contributed by atoms with Gasteiger partial charge in [-0.1, -0.05) is 6.07 Å². The Balaban J connectivity index is 1.45. The minimum absolute atomic E-state index is 0.0277. The first kappa shape index (κ1) is 23.1. The maximum Gasteiger partial charge on any atom is 0.253 e. The molecule has 1 aliphatic rings. The van der Waals surface area contributed by atoms with E-state index in [1.807, 2.05) is 6.07 Å².